The zero-order valence-electron chi connectivity index (χ0n) is 17.0. The Labute approximate surface area is 166 Å². The molecule has 5 heteroatoms. The van der Waals surface area contributed by atoms with E-state index in [1.165, 1.54) is 6.42 Å². The van der Waals surface area contributed by atoms with Crippen LogP contribution in [0.5, 0.6) is 6.01 Å². The van der Waals surface area contributed by atoms with Gasteiger partial charge in [-0.25, -0.2) is 14.8 Å². The molecule has 0 radical (unpaired) electrons. The third-order valence-corrected chi connectivity index (χ3v) is 8.61. The van der Waals surface area contributed by atoms with E-state index in [0.29, 0.717) is 29.7 Å². The van der Waals surface area contributed by atoms with Crippen molar-refractivity contribution in [3.8, 4) is 6.01 Å². The van der Waals surface area contributed by atoms with Crippen molar-refractivity contribution in [1.82, 2.24) is 9.97 Å². The van der Waals surface area contributed by atoms with Crippen LogP contribution in [-0.2, 0) is 9.53 Å². The lowest BCUT2D eigenvalue weighted by atomic mass is 9.47. The number of aromatic nitrogens is 2. The summed E-state index contributed by atoms with van der Waals surface area (Å²) in [7, 11) is 0. The molecule has 3 aliphatic carbocycles. The van der Waals surface area contributed by atoms with Crippen LogP contribution in [0.3, 0.4) is 0 Å². The quantitative estimate of drug-likeness (QED) is 0.718. The molecular formula is C23H30N2O3. The number of hydrogen-bond donors (Lipinski definition) is 0. The number of nitrogens with zero attached hydrogens (tertiary/aromatic N) is 2. The van der Waals surface area contributed by atoms with Gasteiger partial charge in [0.15, 0.2) is 0 Å². The largest absolute Gasteiger partial charge is 0.460 e. The van der Waals surface area contributed by atoms with Crippen molar-refractivity contribution in [3.63, 3.8) is 0 Å². The summed E-state index contributed by atoms with van der Waals surface area (Å²) in [5.41, 5.74) is 0.126. The second-order valence-corrected chi connectivity index (χ2v) is 9.89. The third kappa shape index (κ3) is 2.54. The van der Waals surface area contributed by atoms with Gasteiger partial charge in [-0.15, -0.1) is 0 Å². The van der Waals surface area contributed by atoms with Gasteiger partial charge >= 0.3 is 12.0 Å². The second-order valence-electron chi connectivity index (χ2n) is 9.89. The summed E-state index contributed by atoms with van der Waals surface area (Å²) in [6, 6.07) is 2.32. The Bertz CT molecular complexity index is 796. The topological polar surface area (TPSA) is 61.3 Å². The van der Waals surface area contributed by atoms with Gasteiger partial charge in [0.2, 0.25) is 0 Å². The molecule has 1 aromatic heterocycles. The van der Waals surface area contributed by atoms with Crippen molar-refractivity contribution in [3.05, 3.63) is 30.6 Å². The predicted molar refractivity (Wildman–Crippen MR) is 104 cm³/mol. The van der Waals surface area contributed by atoms with E-state index in [2.05, 4.69) is 36.8 Å². The molecule has 28 heavy (non-hydrogen) atoms. The molecule has 150 valence electrons. The van der Waals surface area contributed by atoms with Gasteiger partial charge in [0.25, 0.3) is 0 Å². The zero-order chi connectivity index (χ0) is 19.5. The molecule has 5 nitrogen and oxygen atoms in total. The monoisotopic (exact) mass is 382 g/mol. The number of ether oxygens (including phenoxy) is 2. The Hall–Kier alpha value is -1.91. The Morgan fingerprint density at radius 3 is 2.71 bits per heavy atom. The molecule has 0 saturated heterocycles. The molecule has 8 atom stereocenters. The fourth-order valence-electron chi connectivity index (χ4n) is 7.15. The molecule has 2 heterocycles. The van der Waals surface area contributed by atoms with E-state index in [9.17, 15) is 4.79 Å². The van der Waals surface area contributed by atoms with E-state index < -0.39 is 0 Å². The second kappa shape index (κ2) is 6.30. The smallest absolute Gasteiger partial charge is 0.330 e. The maximum absolute atomic E-state index is 11.8. The summed E-state index contributed by atoms with van der Waals surface area (Å²) < 4.78 is 12.1. The number of fused-ring (bicyclic) bond motifs is 5. The fourth-order valence-corrected chi connectivity index (χ4v) is 7.15. The number of esters is 1. The Morgan fingerprint density at radius 1 is 1.14 bits per heavy atom. The lowest BCUT2D eigenvalue weighted by Gasteiger charge is -2.60. The van der Waals surface area contributed by atoms with Crippen LogP contribution >= 0.6 is 0 Å². The molecule has 5 rings (SSSR count). The first-order valence-electron chi connectivity index (χ1n) is 10.8. The standard InChI is InChI=1S/C23H30N2O3/c1-14-13-18-23(3,10-8-19(26)27-18)16-7-9-22(2)15(20(14)16)5-6-17(22)28-21-24-11-4-12-25-21/h4,8,10-12,14-18,20H,5-7,9,13H2,1-3H3/t14?,15-,16+,17?,18?,20-,22-,23+/m0/s1. The normalized spacial score (nSPS) is 46.9. The van der Waals surface area contributed by atoms with Gasteiger partial charge in [-0.05, 0) is 61.8 Å². The average Bonchev–Trinajstić information content (AvgIpc) is 3.00. The van der Waals surface area contributed by atoms with Crippen LogP contribution in [0.2, 0.25) is 0 Å². The molecule has 3 saturated carbocycles. The van der Waals surface area contributed by atoms with Crippen LogP contribution < -0.4 is 4.74 Å². The summed E-state index contributed by atoms with van der Waals surface area (Å²) in [5, 5.41) is 0. The van der Waals surface area contributed by atoms with Crippen molar-refractivity contribution in [2.24, 2.45) is 34.5 Å². The Kier molecular flexibility index (Phi) is 4.08. The number of carbonyl (C=O) groups excluding carboxylic acids is 1. The highest BCUT2D eigenvalue weighted by Gasteiger charge is 2.62. The maximum Gasteiger partial charge on any atom is 0.330 e. The molecule has 4 aliphatic rings. The van der Waals surface area contributed by atoms with Gasteiger partial charge in [-0.3, -0.25) is 0 Å². The van der Waals surface area contributed by atoms with E-state index in [0.717, 1.165) is 25.7 Å². The lowest BCUT2D eigenvalue weighted by Crippen LogP contribution is -2.58. The van der Waals surface area contributed by atoms with Crippen LogP contribution in [0.25, 0.3) is 0 Å². The highest BCUT2D eigenvalue weighted by molar-refractivity contribution is 5.83. The molecular weight excluding hydrogens is 352 g/mol. The van der Waals surface area contributed by atoms with Crippen molar-refractivity contribution >= 4 is 5.97 Å². The third-order valence-electron chi connectivity index (χ3n) is 8.61. The highest BCUT2D eigenvalue weighted by atomic mass is 16.5. The summed E-state index contributed by atoms with van der Waals surface area (Å²) in [6.07, 6.45) is 13.1. The van der Waals surface area contributed by atoms with Gasteiger partial charge in [-0.1, -0.05) is 26.8 Å². The van der Waals surface area contributed by atoms with Gasteiger partial charge in [0.05, 0.1) is 0 Å². The number of rotatable bonds is 2. The van der Waals surface area contributed by atoms with E-state index in [1.807, 2.05) is 6.07 Å². The molecule has 0 amide bonds. The molecule has 0 aromatic carbocycles. The molecule has 0 bridgehead atoms. The zero-order valence-corrected chi connectivity index (χ0v) is 17.0. The van der Waals surface area contributed by atoms with Crippen molar-refractivity contribution in [2.45, 2.75) is 65.1 Å². The number of hydrogen-bond acceptors (Lipinski definition) is 5. The van der Waals surface area contributed by atoms with E-state index in [4.69, 9.17) is 9.47 Å². The fraction of sp³-hybridized carbons (Fsp3) is 0.696. The Balaban J connectivity index is 1.44. The van der Waals surface area contributed by atoms with Gasteiger partial charge < -0.3 is 9.47 Å². The first-order chi connectivity index (χ1) is 13.4. The predicted octanol–water partition coefficient (Wildman–Crippen LogP) is 4.19. The summed E-state index contributed by atoms with van der Waals surface area (Å²) in [6.45, 7) is 7.10. The van der Waals surface area contributed by atoms with Crippen molar-refractivity contribution < 1.29 is 14.3 Å². The van der Waals surface area contributed by atoms with Crippen LogP contribution in [0, 0.1) is 34.5 Å². The number of carbonyl (C=O) groups is 1. The molecule has 1 aromatic rings. The van der Waals surface area contributed by atoms with E-state index in [-0.39, 0.29) is 29.0 Å². The first-order valence-corrected chi connectivity index (χ1v) is 10.8. The minimum atomic E-state index is -0.175. The van der Waals surface area contributed by atoms with Gasteiger partial charge in [0, 0.05) is 29.3 Å². The van der Waals surface area contributed by atoms with Crippen LogP contribution in [0.15, 0.2) is 30.6 Å². The van der Waals surface area contributed by atoms with E-state index in [1.54, 1.807) is 18.5 Å². The molecule has 3 fully saturated rings. The lowest BCUT2D eigenvalue weighted by molar-refractivity contribution is -0.176. The summed E-state index contributed by atoms with van der Waals surface area (Å²) >= 11 is 0. The van der Waals surface area contributed by atoms with Gasteiger partial charge in [0.1, 0.15) is 12.2 Å². The van der Waals surface area contributed by atoms with Crippen molar-refractivity contribution in [2.75, 3.05) is 0 Å². The van der Waals surface area contributed by atoms with Crippen LogP contribution in [-0.4, -0.2) is 28.1 Å². The van der Waals surface area contributed by atoms with Crippen molar-refractivity contribution in [1.29, 1.82) is 0 Å². The molecule has 3 unspecified atom stereocenters. The summed E-state index contributed by atoms with van der Waals surface area (Å²) in [5.74, 6) is 2.23. The maximum atomic E-state index is 11.8. The van der Waals surface area contributed by atoms with Gasteiger partial charge in [-0.2, -0.15) is 0 Å². The summed E-state index contributed by atoms with van der Waals surface area (Å²) in [4.78, 5) is 20.4. The molecule has 0 N–H and O–H groups in total. The molecule has 1 aliphatic heterocycles. The first kappa shape index (κ1) is 18.1. The Morgan fingerprint density at radius 2 is 1.93 bits per heavy atom. The average molecular weight is 383 g/mol. The minimum absolute atomic E-state index is 0.0248. The minimum Gasteiger partial charge on any atom is -0.460 e. The van der Waals surface area contributed by atoms with E-state index >= 15 is 0 Å². The van der Waals surface area contributed by atoms with Crippen LogP contribution in [0.1, 0.15) is 52.9 Å². The highest BCUT2D eigenvalue weighted by Crippen LogP contribution is 2.65. The molecule has 0 spiro atoms. The SMILES string of the molecule is CC1CC2OC(=O)C=C[C@]2(C)[C@@H]2CC[C@]3(C)C(Oc4ncccn4)CC[C@H]3[C@H]12. The van der Waals surface area contributed by atoms with Crippen LogP contribution in [0.4, 0.5) is 0 Å².